The summed E-state index contributed by atoms with van der Waals surface area (Å²) in [7, 11) is 0. The first-order chi connectivity index (χ1) is 28.4. The third-order valence-corrected chi connectivity index (χ3v) is 10.1. The van der Waals surface area contributed by atoms with Gasteiger partial charge in [0.1, 0.15) is 34.5 Å². The van der Waals surface area contributed by atoms with Crippen LogP contribution in [0, 0.1) is 12.7 Å². The summed E-state index contributed by atoms with van der Waals surface area (Å²) in [5, 5.41) is 15.9. The highest BCUT2D eigenvalue weighted by molar-refractivity contribution is 9.10. The van der Waals surface area contributed by atoms with Crippen molar-refractivity contribution in [1.29, 1.82) is 0 Å². The minimum atomic E-state index is -1.46. The van der Waals surface area contributed by atoms with Gasteiger partial charge in [-0.15, -0.1) is 0 Å². The second kappa shape index (κ2) is 17.0. The zero-order chi connectivity index (χ0) is 44.8. The van der Waals surface area contributed by atoms with Crippen molar-refractivity contribution in [2.24, 2.45) is 0 Å². The van der Waals surface area contributed by atoms with Crippen molar-refractivity contribution in [2.45, 2.75) is 105 Å². The van der Waals surface area contributed by atoms with Crippen LogP contribution in [0.25, 0.3) is 16.6 Å². The van der Waals surface area contributed by atoms with Crippen LogP contribution in [-0.2, 0) is 19.6 Å². The molecule has 0 bridgehead atoms. The molecule has 2 amide bonds. The smallest absolute Gasteiger partial charge is 0.425 e. The van der Waals surface area contributed by atoms with Gasteiger partial charge in [-0.05, 0) is 123 Å². The molecule has 0 radical (unpaired) electrons. The van der Waals surface area contributed by atoms with Crippen molar-refractivity contribution in [3.05, 3.63) is 93.5 Å². The van der Waals surface area contributed by atoms with Gasteiger partial charge in [-0.1, -0.05) is 32.9 Å². The Morgan fingerprint density at radius 2 is 1.51 bits per heavy atom. The lowest BCUT2D eigenvalue weighted by Crippen LogP contribution is -2.45. The van der Waals surface area contributed by atoms with E-state index >= 15 is 4.79 Å². The number of amides is 2. The highest BCUT2D eigenvalue weighted by Gasteiger charge is 2.41. The van der Waals surface area contributed by atoms with Crippen LogP contribution in [0.15, 0.2) is 65.3 Å². The highest BCUT2D eigenvalue weighted by Crippen LogP contribution is 2.43. The van der Waals surface area contributed by atoms with Crippen molar-refractivity contribution >= 4 is 56.7 Å². The number of para-hydroxylation sites is 1. The van der Waals surface area contributed by atoms with E-state index in [2.05, 4.69) is 21.0 Å². The summed E-state index contributed by atoms with van der Waals surface area (Å²) >= 11 is 3.57. The van der Waals surface area contributed by atoms with Gasteiger partial charge in [-0.3, -0.25) is 4.79 Å². The first kappa shape index (κ1) is 44.8. The number of aromatic nitrogens is 3. The van der Waals surface area contributed by atoms with Crippen LogP contribution in [0.4, 0.5) is 24.6 Å². The Morgan fingerprint density at radius 3 is 2.07 bits per heavy atom. The summed E-state index contributed by atoms with van der Waals surface area (Å²) in [6, 6.07) is 13.9. The number of ketones is 1. The molecule has 5 aromatic rings. The number of hydrogen-bond acceptors (Lipinski definition) is 10. The van der Waals surface area contributed by atoms with E-state index in [0.717, 1.165) is 10.8 Å². The number of carbonyl (C=O) groups excluding carboxylic acids is 3. The molecule has 6 rings (SSSR count). The maximum absolute atomic E-state index is 15.5. The molecule has 0 saturated carbocycles. The standard InChI is InChI=1S/C45H50BrFN4O10/c1-25-21-27(59-34-14-12-11-13-31(34)47)15-16-32(25)51-39(50(41(55)60-44(5,6)7)42(56)61-45(8,9)10)29(24-48-51)38(52)37-36(43(2,3)4)28-22-35(58-26-17-19-57-20-18-26)30(46)23-33(28)49(37)40(53)54/h11-16,21-24,26H,17-20H2,1-10H3,(H,53,54). The minimum Gasteiger partial charge on any atom is -0.489 e. The number of hydrogen-bond donors (Lipinski definition) is 1. The lowest BCUT2D eigenvalue weighted by Gasteiger charge is -2.29. The number of halogens is 2. The van der Waals surface area contributed by atoms with E-state index in [1.165, 1.54) is 28.9 Å². The van der Waals surface area contributed by atoms with Crippen LogP contribution in [0.3, 0.4) is 0 Å². The average Bonchev–Trinajstić information content (AvgIpc) is 3.71. The van der Waals surface area contributed by atoms with Crippen molar-refractivity contribution in [3.8, 4) is 22.9 Å². The Hall–Kier alpha value is -5.74. The molecule has 14 nitrogen and oxygen atoms in total. The molecule has 0 atom stereocenters. The summed E-state index contributed by atoms with van der Waals surface area (Å²) in [5.74, 6) is -1.12. The number of benzene rings is 3. The molecular formula is C45H50BrFN4O10. The molecule has 0 unspecified atom stereocenters. The summed E-state index contributed by atoms with van der Waals surface area (Å²) in [5.41, 5.74) is -2.36. The summed E-state index contributed by atoms with van der Waals surface area (Å²) < 4.78 is 46.3. The number of fused-ring (bicyclic) bond motifs is 1. The predicted octanol–water partition coefficient (Wildman–Crippen LogP) is 11.1. The molecule has 1 aliphatic heterocycles. The molecule has 3 aromatic carbocycles. The molecule has 324 valence electrons. The zero-order valence-corrected chi connectivity index (χ0v) is 37.4. The van der Waals surface area contributed by atoms with E-state index < -0.39 is 46.5 Å². The van der Waals surface area contributed by atoms with Gasteiger partial charge in [0.05, 0.1) is 40.7 Å². The van der Waals surface area contributed by atoms with Gasteiger partial charge in [0.25, 0.3) is 0 Å². The highest BCUT2D eigenvalue weighted by atomic mass is 79.9. The third kappa shape index (κ3) is 9.75. The second-order valence-electron chi connectivity index (χ2n) is 17.7. The van der Waals surface area contributed by atoms with Gasteiger partial charge in [-0.25, -0.2) is 28.0 Å². The van der Waals surface area contributed by atoms with Crippen LogP contribution >= 0.6 is 15.9 Å². The molecule has 3 heterocycles. The Kier molecular flexibility index (Phi) is 12.5. The van der Waals surface area contributed by atoms with Gasteiger partial charge >= 0.3 is 18.3 Å². The average molecular weight is 906 g/mol. The van der Waals surface area contributed by atoms with E-state index in [0.29, 0.717) is 57.7 Å². The third-order valence-electron chi connectivity index (χ3n) is 9.45. The van der Waals surface area contributed by atoms with Crippen molar-refractivity contribution in [3.63, 3.8) is 0 Å². The van der Waals surface area contributed by atoms with Crippen LogP contribution < -0.4 is 14.4 Å². The number of aryl methyl sites for hydroxylation is 1. The van der Waals surface area contributed by atoms with Gasteiger partial charge in [0.2, 0.25) is 5.78 Å². The van der Waals surface area contributed by atoms with Gasteiger partial charge in [0, 0.05) is 18.2 Å². The number of carboxylic acid groups (broad SMARTS) is 1. The van der Waals surface area contributed by atoms with Crippen molar-refractivity contribution < 1.29 is 52.4 Å². The summed E-state index contributed by atoms with van der Waals surface area (Å²) in [4.78, 5) is 58.0. The fourth-order valence-electron chi connectivity index (χ4n) is 6.99. The molecule has 16 heteroatoms. The minimum absolute atomic E-state index is 0.0129. The SMILES string of the molecule is Cc1cc(Oc2ccccc2F)ccc1-n1ncc(C(=O)c2c(C(C)(C)C)c3cc(OC4CCOCC4)c(Br)cc3n2C(=O)O)c1N(C(=O)OC(C)(C)C)C(=O)OC(C)(C)C. The molecule has 1 saturated heterocycles. The first-order valence-corrected chi connectivity index (χ1v) is 20.5. The lowest BCUT2D eigenvalue weighted by molar-refractivity contribution is 0.0253. The molecule has 0 aliphatic carbocycles. The van der Waals surface area contributed by atoms with Crippen LogP contribution in [0.1, 0.15) is 102 Å². The van der Waals surface area contributed by atoms with Crippen molar-refractivity contribution in [1.82, 2.24) is 14.3 Å². The molecule has 2 aromatic heterocycles. The molecule has 1 fully saturated rings. The zero-order valence-electron chi connectivity index (χ0n) is 35.8. The monoisotopic (exact) mass is 904 g/mol. The molecular weight excluding hydrogens is 855 g/mol. The molecule has 1 aliphatic rings. The van der Waals surface area contributed by atoms with E-state index in [1.807, 2.05) is 20.8 Å². The number of ether oxygens (including phenoxy) is 5. The number of anilines is 1. The van der Waals surface area contributed by atoms with Crippen LogP contribution in [0.2, 0.25) is 0 Å². The maximum atomic E-state index is 15.5. The van der Waals surface area contributed by atoms with E-state index in [1.54, 1.807) is 78.8 Å². The quantitative estimate of drug-likeness (QED) is 0.148. The fraction of sp³-hybridized carbons (Fsp3) is 0.400. The maximum Gasteiger partial charge on any atom is 0.425 e. The van der Waals surface area contributed by atoms with Gasteiger partial charge in [-0.2, -0.15) is 10.00 Å². The van der Waals surface area contributed by atoms with E-state index in [9.17, 15) is 23.9 Å². The fourth-order valence-corrected chi connectivity index (χ4v) is 7.42. The van der Waals surface area contributed by atoms with E-state index in [-0.39, 0.29) is 45.9 Å². The lowest BCUT2D eigenvalue weighted by atomic mass is 9.83. The Balaban J connectivity index is 1.62. The summed E-state index contributed by atoms with van der Waals surface area (Å²) in [6.07, 6.45) is -1.50. The van der Waals surface area contributed by atoms with Gasteiger partial charge < -0.3 is 28.8 Å². The van der Waals surface area contributed by atoms with Crippen LogP contribution in [-0.4, -0.2) is 74.0 Å². The van der Waals surface area contributed by atoms with E-state index in [4.69, 9.17) is 23.7 Å². The summed E-state index contributed by atoms with van der Waals surface area (Å²) in [6.45, 7) is 18.0. The predicted molar refractivity (Wildman–Crippen MR) is 229 cm³/mol. The molecule has 61 heavy (non-hydrogen) atoms. The molecule has 1 N–H and O–H groups in total. The largest absolute Gasteiger partial charge is 0.489 e. The Bertz CT molecular complexity index is 2490. The van der Waals surface area contributed by atoms with Gasteiger partial charge in [0.15, 0.2) is 17.4 Å². The van der Waals surface area contributed by atoms with Crippen LogP contribution in [0.5, 0.6) is 17.2 Å². The number of carbonyl (C=O) groups is 4. The number of imide groups is 1. The normalized spacial score (nSPS) is 13.8. The Labute approximate surface area is 361 Å². The molecule has 0 spiro atoms. The number of rotatable bonds is 8. The Morgan fingerprint density at radius 1 is 0.885 bits per heavy atom. The topological polar surface area (TPSA) is 161 Å². The second-order valence-corrected chi connectivity index (χ2v) is 18.6. The first-order valence-electron chi connectivity index (χ1n) is 19.7. The number of nitrogens with zero attached hydrogens (tertiary/aromatic N) is 4. The van der Waals surface area contributed by atoms with Crippen molar-refractivity contribution in [2.75, 3.05) is 18.1 Å².